The molecule has 1 aromatic carbocycles. The number of piperazine rings is 1. The molecule has 2 heterocycles. The van der Waals surface area contributed by atoms with Gasteiger partial charge in [-0.25, -0.2) is 0 Å². The molecule has 1 amide bonds. The van der Waals surface area contributed by atoms with Crippen LogP contribution in [0.25, 0.3) is 10.1 Å². The number of fused-ring (bicyclic) bond motifs is 1. The Morgan fingerprint density at radius 1 is 1.48 bits per heavy atom. The minimum Gasteiger partial charge on any atom is -0.355 e. The third-order valence-corrected chi connectivity index (χ3v) is 4.95. The van der Waals surface area contributed by atoms with E-state index in [1.54, 1.807) is 11.3 Å². The Labute approximate surface area is 129 Å². The van der Waals surface area contributed by atoms with E-state index < -0.39 is 0 Å². The van der Waals surface area contributed by atoms with Gasteiger partial charge in [-0.3, -0.25) is 9.69 Å². The zero-order chi connectivity index (χ0) is 14.7. The first-order valence-corrected chi connectivity index (χ1v) is 8.35. The van der Waals surface area contributed by atoms with Crippen LogP contribution in [0, 0.1) is 0 Å². The number of amides is 1. The fourth-order valence-electron chi connectivity index (χ4n) is 2.86. The van der Waals surface area contributed by atoms with E-state index >= 15 is 0 Å². The van der Waals surface area contributed by atoms with Gasteiger partial charge < -0.3 is 10.6 Å². The van der Waals surface area contributed by atoms with Gasteiger partial charge in [0.05, 0.1) is 0 Å². The van der Waals surface area contributed by atoms with Gasteiger partial charge in [0.1, 0.15) is 6.04 Å². The summed E-state index contributed by atoms with van der Waals surface area (Å²) < 4.78 is 1.32. The van der Waals surface area contributed by atoms with Crippen LogP contribution in [0.3, 0.4) is 0 Å². The molecule has 0 bridgehead atoms. The standard InChI is InChI=1S/C16H21N3OS/c1-2-18-16(20)14-9-17-7-8-19(14)10-12-11-21-15-6-4-3-5-13(12)15/h3-6,11,14,17H,2,7-10H2,1H3,(H,18,20). The Morgan fingerprint density at radius 2 is 2.33 bits per heavy atom. The molecule has 0 aliphatic carbocycles. The van der Waals surface area contributed by atoms with Crippen molar-refractivity contribution in [2.24, 2.45) is 0 Å². The number of nitrogens with zero attached hydrogens (tertiary/aromatic N) is 1. The molecule has 4 nitrogen and oxygen atoms in total. The number of nitrogens with one attached hydrogen (secondary N) is 2. The van der Waals surface area contributed by atoms with Crippen LogP contribution in [0.2, 0.25) is 0 Å². The fourth-order valence-corrected chi connectivity index (χ4v) is 3.81. The normalized spacial score (nSPS) is 19.8. The third kappa shape index (κ3) is 3.10. The molecule has 21 heavy (non-hydrogen) atoms. The first kappa shape index (κ1) is 14.5. The fraction of sp³-hybridized carbons (Fsp3) is 0.438. The van der Waals surface area contributed by atoms with Gasteiger partial charge >= 0.3 is 0 Å². The molecule has 1 atom stereocenters. The topological polar surface area (TPSA) is 44.4 Å². The van der Waals surface area contributed by atoms with Gasteiger partial charge in [0.2, 0.25) is 5.91 Å². The Kier molecular flexibility index (Phi) is 4.53. The van der Waals surface area contributed by atoms with Crippen molar-refractivity contribution in [2.75, 3.05) is 26.2 Å². The van der Waals surface area contributed by atoms with E-state index in [0.29, 0.717) is 6.54 Å². The zero-order valence-electron chi connectivity index (χ0n) is 12.3. The van der Waals surface area contributed by atoms with Crippen molar-refractivity contribution in [1.29, 1.82) is 0 Å². The van der Waals surface area contributed by atoms with Crippen LogP contribution >= 0.6 is 11.3 Å². The van der Waals surface area contributed by atoms with Crippen LogP contribution < -0.4 is 10.6 Å². The van der Waals surface area contributed by atoms with Crippen LogP contribution in [0.4, 0.5) is 0 Å². The average molecular weight is 303 g/mol. The summed E-state index contributed by atoms with van der Waals surface area (Å²) in [6.45, 7) is 6.07. The van der Waals surface area contributed by atoms with Gasteiger partial charge in [0, 0.05) is 37.4 Å². The highest BCUT2D eigenvalue weighted by molar-refractivity contribution is 7.17. The molecule has 1 unspecified atom stereocenters. The minimum absolute atomic E-state index is 0.0719. The van der Waals surface area contributed by atoms with E-state index in [0.717, 1.165) is 26.2 Å². The van der Waals surface area contributed by atoms with Crippen molar-refractivity contribution in [3.05, 3.63) is 35.2 Å². The molecule has 1 fully saturated rings. The number of carbonyl (C=O) groups is 1. The second kappa shape index (κ2) is 6.56. The Balaban J connectivity index is 1.79. The molecule has 0 saturated carbocycles. The number of benzene rings is 1. The maximum atomic E-state index is 12.2. The molecule has 2 aromatic rings. The quantitative estimate of drug-likeness (QED) is 0.905. The summed E-state index contributed by atoms with van der Waals surface area (Å²) in [5.41, 5.74) is 1.33. The van der Waals surface area contributed by atoms with E-state index in [9.17, 15) is 4.79 Å². The van der Waals surface area contributed by atoms with Crippen LogP contribution in [0.1, 0.15) is 12.5 Å². The molecule has 2 N–H and O–H groups in total. The van der Waals surface area contributed by atoms with Crippen molar-refractivity contribution in [2.45, 2.75) is 19.5 Å². The molecule has 5 heteroatoms. The number of thiophene rings is 1. The van der Waals surface area contributed by atoms with E-state index in [1.165, 1.54) is 15.6 Å². The summed E-state index contributed by atoms with van der Waals surface area (Å²) in [4.78, 5) is 14.5. The highest BCUT2D eigenvalue weighted by Gasteiger charge is 2.28. The number of likely N-dealkylation sites (N-methyl/N-ethyl adjacent to an activating group) is 1. The molecule has 0 spiro atoms. The van der Waals surface area contributed by atoms with Crippen molar-refractivity contribution in [1.82, 2.24) is 15.5 Å². The number of rotatable bonds is 4. The van der Waals surface area contributed by atoms with E-state index in [4.69, 9.17) is 0 Å². The van der Waals surface area contributed by atoms with Crippen molar-refractivity contribution < 1.29 is 4.79 Å². The molecular formula is C16H21N3OS. The van der Waals surface area contributed by atoms with Gasteiger partial charge in [-0.05, 0) is 29.3 Å². The van der Waals surface area contributed by atoms with E-state index in [-0.39, 0.29) is 11.9 Å². The zero-order valence-corrected chi connectivity index (χ0v) is 13.1. The first-order chi connectivity index (χ1) is 10.3. The van der Waals surface area contributed by atoms with Crippen molar-refractivity contribution >= 4 is 27.3 Å². The van der Waals surface area contributed by atoms with Crippen molar-refractivity contribution in [3.8, 4) is 0 Å². The third-order valence-electron chi connectivity index (χ3n) is 3.94. The monoisotopic (exact) mass is 303 g/mol. The Morgan fingerprint density at radius 3 is 3.19 bits per heavy atom. The summed E-state index contributed by atoms with van der Waals surface area (Å²) in [5.74, 6) is 0.129. The molecule has 1 aliphatic rings. The SMILES string of the molecule is CCNC(=O)C1CNCCN1Cc1csc2ccccc12. The minimum atomic E-state index is -0.0719. The second-order valence-corrected chi connectivity index (χ2v) is 6.25. The van der Waals surface area contributed by atoms with Crippen molar-refractivity contribution in [3.63, 3.8) is 0 Å². The highest BCUT2D eigenvalue weighted by atomic mass is 32.1. The van der Waals surface area contributed by atoms with Gasteiger partial charge in [-0.15, -0.1) is 11.3 Å². The molecule has 1 aliphatic heterocycles. The first-order valence-electron chi connectivity index (χ1n) is 7.47. The van der Waals surface area contributed by atoms with Gasteiger partial charge in [0.15, 0.2) is 0 Å². The lowest BCUT2D eigenvalue weighted by Crippen LogP contribution is -2.57. The number of hydrogen-bond donors (Lipinski definition) is 2. The van der Waals surface area contributed by atoms with Crippen LogP contribution in [0.15, 0.2) is 29.6 Å². The lowest BCUT2D eigenvalue weighted by Gasteiger charge is -2.35. The van der Waals surface area contributed by atoms with Crippen LogP contribution in [0.5, 0.6) is 0 Å². The lowest BCUT2D eigenvalue weighted by atomic mass is 10.1. The van der Waals surface area contributed by atoms with Gasteiger partial charge in [0.25, 0.3) is 0 Å². The maximum Gasteiger partial charge on any atom is 0.238 e. The van der Waals surface area contributed by atoms with E-state index in [2.05, 4.69) is 45.2 Å². The molecule has 3 rings (SSSR count). The smallest absolute Gasteiger partial charge is 0.238 e. The Hall–Kier alpha value is -1.43. The molecule has 1 saturated heterocycles. The predicted molar refractivity (Wildman–Crippen MR) is 87.6 cm³/mol. The predicted octanol–water partition coefficient (Wildman–Crippen LogP) is 1.81. The Bertz CT molecular complexity index is 625. The summed E-state index contributed by atoms with van der Waals surface area (Å²) in [6.07, 6.45) is 0. The van der Waals surface area contributed by atoms with Crippen LogP contribution in [-0.4, -0.2) is 43.0 Å². The summed E-state index contributed by atoms with van der Waals surface area (Å²) in [6, 6.07) is 8.41. The molecular weight excluding hydrogens is 282 g/mol. The van der Waals surface area contributed by atoms with Gasteiger partial charge in [-0.1, -0.05) is 18.2 Å². The van der Waals surface area contributed by atoms with E-state index in [1.807, 2.05) is 6.92 Å². The number of carbonyl (C=O) groups excluding carboxylic acids is 1. The largest absolute Gasteiger partial charge is 0.355 e. The molecule has 1 aromatic heterocycles. The summed E-state index contributed by atoms with van der Waals surface area (Å²) in [7, 11) is 0. The second-order valence-electron chi connectivity index (χ2n) is 5.34. The summed E-state index contributed by atoms with van der Waals surface area (Å²) in [5, 5.41) is 9.80. The number of hydrogen-bond acceptors (Lipinski definition) is 4. The highest BCUT2D eigenvalue weighted by Crippen LogP contribution is 2.27. The molecule has 112 valence electrons. The molecule has 0 radical (unpaired) electrons. The average Bonchev–Trinajstić information content (AvgIpc) is 2.91. The van der Waals surface area contributed by atoms with Gasteiger partial charge in [-0.2, -0.15) is 0 Å². The maximum absolute atomic E-state index is 12.2. The lowest BCUT2D eigenvalue weighted by molar-refractivity contribution is -0.127. The van der Waals surface area contributed by atoms with Crippen LogP contribution in [-0.2, 0) is 11.3 Å². The summed E-state index contributed by atoms with van der Waals surface area (Å²) >= 11 is 1.78.